The molecule has 1 saturated carbocycles. The lowest BCUT2D eigenvalue weighted by Crippen LogP contribution is -2.33. The number of aromatic nitrogens is 3. The Morgan fingerprint density at radius 1 is 1.27 bits per heavy atom. The Balaban J connectivity index is 1.64. The van der Waals surface area contributed by atoms with E-state index in [1.807, 2.05) is 6.92 Å². The fraction of sp³-hybridized carbons (Fsp3) is 0.526. The molecule has 0 atom stereocenters. The van der Waals surface area contributed by atoms with E-state index >= 15 is 0 Å². The largest absolute Gasteiger partial charge is 0.347 e. The van der Waals surface area contributed by atoms with E-state index in [0.29, 0.717) is 11.7 Å². The molecule has 1 N–H and O–H groups in total. The third-order valence-corrected chi connectivity index (χ3v) is 6.01. The molecule has 0 radical (unpaired) electrons. The summed E-state index contributed by atoms with van der Waals surface area (Å²) in [5.74, 6) is -0.487. The van der Waals surface area contributed by atoms with Crippen LogP contribution in [0.5, 0.6) is 0 Å². The summed E-state index contributed by atoms with van der Waals surface area (Å²) in [6.07, 6.45) is 7.91. The predicted octanol–water partition coefficient (Wildman–Crippen LogP) is 3.39. The number of nitrogens with one attached hydrogen (secondary N) is 1. The number of hydrogen-bond acceptors (Lipinski definition) is 4. The van der Waals surface area contributed by atoms with Crippen molar-refractivity contribution >= 4 is 23.6 Å². The third-order valence-electron chi connectivity index (χ3n) is 5.06. The van der Waals surface area contributed by atoms with E-state index in [-0.39, 0.29) is 17.6 Å². The van der Waals surface area contributed by atoms with Crippen molar-refractivity contribution < 1.29 is 9.59 Å². The summed E-state index contributed by atoms with van der Waals surface area (Å²) in [4.78, 5) is 29.0. The van der Waals surface area contributed by atoms with Crippen LogP contribution in [0.3, 0.4) is 0 Å². The van der Waals surface area contributed by atoms with Gasteiger partial charge >= 0.3 is 0 Å². The molecule has 1 aliphatic carbocycles. The van der Waals surface area contributed by atoms with Gasteiger partial charge in [0.25, 0.3) is 5.91 Å². The van der Waals surface area contributed by atoms with E-state index in [9.17, 15) is 9.59 Å². The van der Waals surface area contributed by atoms with Gasteiger partial charge in [-0.3, -0.25) is 14.9 Å². The molecule has 1 fully saturated rings. The van der Waals surface area contributed by atoms with Crippen LogP contribution in [0.15, 0.2) is 23.5 Å². The molecular weight excluding hydrogens is 348 g/mol. The number of nitrogens with zero attached hydrogens (tertiary/aromatic N) is 3. The minimum atomic E-state index is -0.369. The van der Waals surface area contributed by atoms with E-state index in [4.69, 9.17) is 0 Å². The molecule has 0 unspecified atom stereocenters. The molecule has 0 spiro atoms. The van der Waals surface area contributed by atoms with Gasteiger partial charge in [-0.25, -0.2) is 4.98 Å². The van der Waals surface area contributed by atoms with Crippen LogP contribution in [0.1, 0.15) is 60.0 Å². The van der Waals surface area contributed by atoms with Crippen molar-refractivity contribution in [3.63, 3.8) is 0 Å². The van der Waals surface area contributed by atoms with Gasteiger partial charge in [0, 0.05) is 25.0 Å². The number of amides is 2. The van der Waals surface area contributed by atoms with Crippen molar-refractivity contribution in [2.24, 2.45) is 7.05 Å². The van der Waals surface area contributed by atoms with Gasteiger partial charge in [0.1, 0.15) is 5.69 Å². The first kappa shape index (κ1) is 18.8. The lowest BCUT2D eigenvalue weighted by molar-refractivity contribution is -0.117. The summed E-state index contributed by atoms with van der Waals surface area (Å²) in [6.45, 7) is 4.11. The molecule has 2 amide bonds. The Labute approximate surface area is 158 Å². The van der Waals surface area contributed by atoms with Gasteiger partial charge in [-0.15, -0.1) is 0 Å². The van der Waals surface area contributed by atoms with Gasteiger partial charge in [-0.2, -0.15) is 0 Å². The van der Waals surface area contributed by atoms with Crippen LogP contribution in [-0.2, 0) is 11.8 Å². The van der Waals surface area contributed by atoms with Crippen molar-refractivity contribution in [1.29, 1.82) is 0 Å². The Kier molecular flexibility index (Phi) is 5.86. The van der Waals surface area contributed by atoms with Gasteiger partial charge < -0.3 is 9.13 Å². The van der Waals surface area contributed by atoms with Gasteiger partial charge in [0.15, 0.2) is 5.16 Å². The van der Waals surface area contributed by atoms with Crippen molar-refractivity contribution in [3.8, 4) is 0 Å². The van der Waals surface area contributed by atoms with E-state index in [2.05, 4.69) is 21.8 Å². The van der Waals surface area contributed by atoms with Crippen LogP contribution in [0, 0.1) is 13.8 Å². The van der Waals surface area contributed by atoms with Crippen LogP contribution in [0.25, 0.3) is 0 Å². The molecule has 2 aromatic heterocycles. The smallest absolute Gasteiger partial charge is 0.274 e. The summed E-state index contributed by atoms with van der Waals surface area (Å²) in [5, 5.41) is 3.34. The van der Waals surface area contributed by atoms with Crippen LogP contribution < -0.4 is 5.32 Å². The molecule has 0 bridgehead atoms. The summed E-state index contributed by atoms with van der Waals surface area (Å²) >= 11 is 1.41. The third kappa shape index (κ3) is 4.03. The maximum Gasteiger partial charge on any atom is 0.274 e. The Bertz CT molecular complexity index is 803. The zero-order valence-electron chi connectivity index (χ0n) is 15.6. The summed E-state index contributed by atoms with van der Waals surface area (Å²) in [5.41, 5.74) is 2.66. The molecule has 6 nitrogen and oxygen atoms in total. The molecule has 0 aromatic carbocycles. The number of thioether (sulfide) groups is 1. The van der Waals surface area contributed by atoms with Crippen molar-refractivity contribution in [2.75, 3.05) is 5.75 Å². The van der Waals surface area contributed by atoms with Gasteiger partial charge in [0.2, 0.25) is 5.91 Å². The maximum absolute atomic E-state index is 12.2. The highest BCUT2D eigenvalue weighted by Gasteiger charge is 2.23. The number of hydrogen-bond donors (Lipinski definition) is 1. The number of imide groups is 1. The van der Waals surface area contributed by atoms with E-state index in [1.165, 1.54) is 49.6 Å². The second-order valence-electron chi connectivity index (χ2n) is 6.90. The lowest BCUT2D eigenvalue weighted by Gasteiger charge is -2.26. The fourth-order valence-corrected chi connectivity index (χ4v) is 4.48. The topological polar surface area (TPSA) is 68.9 Å². The van der Waals surface area contributed by atoms with Gasteiger partial charge in [-0.05, 0) is 38.8 Å². The highest BCUT2D eigenvalue weighted by Crippen LogP contribution is 2.34. The van der Waals surface area contributed by atoms with Crippen molar-refractivity contribution in [2.45, 2.75) is 57.1 Å². The summed E-state index contributed by atoms with van der Waals surface area (Å²) in [7, 11) is 1.78. The number of imidazole rings is 1. The Hall–Kier alpha value is -2.02. The van der Waals surface area contributed by atoms with E-state index < -0.39 is 0 Å². The molecule has 0 saturated heterocycles. The monoisotopic (exact) mass is 374 g/mol. The number of carbonyl (C=O) groups is 2. The van der Waals surface area contributed by atoms with E-state index in [0.717, 1.165) is 10.9 Å². The van der Waals surface area contributed by atoms with Crippen molar-refractivity contribution in [1.82, 2.24) is 19.4 Å². The van der Waals surface area contributed by atoms with Crippen LogP contribution >= 0.6 is 11.8 Å². The Morgan fingerprint density at radius 2 is 2.00 bits per heavy atom. The molecule has 26 heavy (non-hydrogen) atoms. The molecular formula is C19H26N4O2S. The second-order valence-corrected chi connectivity index (χ2v) is 7.84. The van der Waals surface area contributed by atoms with Crippen LogP contribution in [0.2, 0.25) is 0 Å². The summed E-state index contributed by atoms with van der Waals surface area (Å²) < 4.78 is 3.99. The second kappa shape index (κ2) is 8.12. The highest BCUT2D eigenvalue weighted by molar-refractivity contribution is 7.99. The molecule has 140 valence electrons. The Morgan fingerprint density at radius 3 is 2.65 bits per heavy atom. The average Bonchev–Trinajstić information content (AvgIpc) is 3.17. The molecule has 3 rings (SSSR count). The first-order valence-corrected chi connectivity index (χ1v) is 10.1. The van der Waals surface area contributed by atoms with Gasteiger partial charge in [0.05, 0.1) is 11.4 Å². The lowest BCUT2D eigenvalue weighted by atomic mass is 9.95. The molecule has 2 aromatic rings. The predicted molar refractivity (Wildman–Crippen MR) is 102 cm³/mol. The van der Waals surface area contributed by atoms with E-state index in [1.54, 1.807) is 29.9 Å². The summed E-state index contributed by atoms with van der Waals surface area (Å²) in [6, 6.07) is 3.94. The zero-order chi connectivity index (χ0) is 18.7. The molecule has 0 aliphatic heterocycles. The van der Waals surface area contributed by atoms with Crippen molar-refractivity contribution in [3.05, 3.63) is 35.4 Å². The normalized spacial score (nSPS) is 15.2. The molecule has 1 aliphatic rings. The quantitative estimate of drug-likeness (QED) is 0.815. The highest BCUT2D eigenvalue weighted by atomic mass is 32.2. The first-order chi connectivity index (χ1) is 12.5. The number of carbonyl (C=O) groups excluding carboxylic acids is 2. The number of aryl methyl sites for hydroxylation is 2. The maximum atomic E-state index is 12.2. The zero-order valence-corrected chi connectivity index (χ0v) is 16.4. The number of rotatable bonds is 5. The fourth-order valence-electron chi connectivity index (χ4n) is 3.52. The minimum absolute atomic E-state index is 0.179. The minimum Gasteiger partial charge on any atom is -0.347 e. The van der Waals surface area contributed by atoms with Gasteiger partial charge in [-0.1, -0.05) is 31.0 Å². The van der Waals surface area contributed by atoms with Crippen LogP contribution in [-0.4, -0.2) is 31.7 Å². The first-order valence-electron chi connectivity index (χ1n) is 9.11. The standard InChI is InChI=1S/C19H26N4O2S/c1-13-14(2)23(15-8-5-4-6-9-15)19(20-13)26-12-17(24)21-18(25)16-10-7-11-22(16)3/h7,10-11,15H,4-6,8-9,12H2,1-3H3,(H,21,24,25). The SMILES string of the molecule is Cc1nc(SCC(=O)NC(=O)c2cccn2C)n(C2CCCCC2)c1C. The molecule has 7 heteroatoms. The molecule has 2 heterocycles. The van der Waals surface area contributed by atoms with Crippen LogP contribution in [0.4, 0.5) is 0 Å². The average molecular weight is 375 g/mol.